The van der Waals surface area contributed by atoms with Gasteiger partial charge in [-0.3, -0.25) is 9.59 Å². The van der Waals surface area contributed by atoms with Gasteiger partial charge in [0.05, 0.1) is 6.26 Å². The Labute approximate surface area is 165 Å². The highest BCUT2D eigenvalue weighted by molar-refractivity contribution is 5.95. The lowest BCUT2D eigenvalue weighted by molar-refractivity contribution is -0.135. The molecule has 2 aliphatic heterocycles. The van der Waals surface area contributed by atoms with Gasteiger partial charge in [0.2, 0.25) is 5.91 Å². The summed E-state index contributed by atoms with van der Waals surface area (Å²) in [6, 6.07) is 12.5. The molecule has 0 radical (unpaired) electrons. The number of nitrogens with one attached hydrogen (secondary N) is 2. The minimum Gasteiger partial charge on any atom is -0.459 e. The Bertz CT molecular complexity index is 788. The number of hydrogen-bond acceptors (Lipinski definition) is 4. The van der Waals surface area contributed by atoms with Crippen molar-refractivity contribution in [1.29, 1.82) is 0 Å². The maximum absolute atomic E-state index is 13.3. The van der Waals surface area contributed by atoms with Crippen LogP contribution in [0, 0.1) is 5.41 Å². The van der Waals surface area contributed by atoms with Crippen molar-refractivity contribution in [3.8, 4) is 0 Å². The van der Waals surface area contributed by atoms with Crippen molar-refractivity contribution < 1.29 is 14.0 Å². The van der Waals surface area contributed by atoms with Crippen LogP contribution in [0.3, 0.4) is 0 Å². The van der Waals surface area contributed by atoms with Gasteiger partial charge in [0.1, 0.15) is 6.04 Å². The predicted molar refractivity (Wildman–Crippen MR) is 106 cm³/mol. The molecule has 4 rings (SSSR count). The summed E-state index contributed by atoms with van der Waals surface area (Å²) >= 11 is 0. The molecule has 1 spiro atoms. The Morgan fingerprint density at radius 1 is 1.11 bits per heavy atom. The van der Waals surface area contributed by atoms with Crippen LogP contribution in [-0.4, -0.2) is 48.9 Å². The van der Waals surface area contributed by atoms with E-state index in [-0.39, 0.29) is 17.6 Å². The molecule has 2 aromatic rings. The number of hydrogen-bond donors (Lipinski definition) is 2. The number of rotatable bonds is 5. The quantitative estimate of drug-likeness (QED) is 0.833. The van der Waals surface area contributed by atoms with Gasteiger partial charge in [-0.15, -0.1) is 0 Å². The molecule has 6 heteroatoms. The van der Waals surface area contributed by atoms with E-state index < -0.39 is 6.04 Å². The number of piperidine rings is 1. The lowest BCUT2D eigenvalue weighted by Crippen LogP contribution is -2.53. The molecule has 1 atom stereocenters. The molecule has 0 saturated carbocycles. The van der Waals surface area contributed by atoms with Crippen molar-refractivity contribution >= 4 is 11.8 Å². The van der Waals surface area contributed by atoms with Crippen LogP contribution in [0.25, 0.3) is 0 Å². The molecule has 2 amide bonds. The lowest BCUT2D eigenvalue weighted by Gasteiger charge is -2.40. The first-order chi connectivity index (χ1) is 13.7. The minimum absolute atomic E-state index is 0.00966. The average Bonchev–Trinajstić information content (AvgIpc) is 3.41. The van der Waals surface area contributed by atoms with E-state index in [9.17, 15) is 9.59 Å². The summed E-state index contributed by atoms with van der Waals surface area (Å²) in [5.74, 6) is -0.141. The van der Waals surface area contributed by atoms with Crippen molar-refractivity contribution in [3.05, 3.63) is 60.1 Å². The summed E-state index contributed by atoms with van der Waals surface area (Å²) in [7, 11) is 0. The lowest BCUT2D eigenvalue weighted by atomic mass is 9.77. The Balaban J connectivity index is 1.46. The van der Waals surface area contributed by atoms with Gasteiger partial charge in [0, 0.05) is 26.1 Å². The number of likely N-dealkylation sites (tertiary alicyclic amines) is 1. The number of carbonyl (C=O) groups excluding carboxylic acids is 2. The molecule has 2 aliphatic rings. The van der Waals surface area contributed by atoms with E-state index in [2.05, 4.69) is 10.6 Å². The molecule has 28 heavy (non-hydrogen) atoms. The van der Waals surface area contributed by atoms with Crippen molar-refractivity contribution in [3.63, 3.8) is 0 Å². The number of amides is 2. The summed E-state index contributed by atoms with van der Waals surface area (Å²) in [6.07, 6.45) is 5.17. The molecule has 1 aromatic carbocycles. The Morgan fingerprint density at radius 3 is 2.54 bits per heavy atom. The van der Waals surface area contributed by atoms with Crippen molar-refractivity contribution in [1.82, 2.24) is 15.5 Å². The van der Waals surface area contributed by atoms with Crippen molar-refractivity contribution in [2.75, 3.05) is 26.2 Å². The molecule has 148 valence electrons. The van der Waals surface area contributed by atoms with Gasteiger partial charge in [-0.1, -0.05) is 30.3 Å². The summed E-state index contributed by atoms with van der Waals surface area (Å²) in [4.78, 5) is 27.7. The van der Waals surface area contributed by atoms with Gasteiger partial charge < -0.3 is 20.0 Å². The third-order valence-corrected chi connectivity index (χ3v) is 6.10. The second-order valence-electron chi connectivity index (χ2n) is 7.95. The molecule has 3 heterocycles. The minimum atomic E-state index is -0.601. The van der Waals surface area contributed by atoms with E-state index in [4.69, 9.17) is 4.42 Å². The SMILES string of the molecule is O=C(NC(Cc1ccccc1)C(=O)N1CCC2(CCNC2)CC1)c1ccco1. The zero-order valence-electron chi connectivity index (χ0n) is 16.0. The van der Waals surface area contributed by atoms with E-state index in [1.165, 1.54) is 12.7 Å². The number of benzene rings is 1. The zero-order valence-corrected chi connectivity index (χ0v) is 16.0. The Morgan fingerprint density at radius 2 is 1.89 bits per heavy atom. The van der Waals surface area contributed by atoms with Crippen LogP contribution in [0.15, 0.2) is 53.1 Å². The van der Waals surface area contributed by atoms with Gasteiger partial charge in [0.25, 0.3) is 5.91 Å². The number of nitrogens with zero attached hydrogens (tertiary/aromatic N) is 1. The molecule has 2 N–H and O–H groups in total. The van der Waals surface area contributed by atoms with Gasteiger partial charge in [-0.05, 0) is 48.9 Å². The molecule has 2 fully saturated rings. The third kappa shape index (κ3) is 4.12. The highest BCUT2D eigenvalue weighted by Crippen LogP contribution is 2.37. The van der Waals surface area contributed by atoms with Crippen LogP contribution in [0.2, 0.25) is 0 Å². The van der Waals surface area contributed by atoms with Crippen LogP contribution < -0.4 is 10.6 Å². The monoisotopic (exact) mass is 381 g/mol. The van der Waals surface area contributed by atoms with E-state index in [0.717, 1.165) is 44.6 Å². The maximum Gasteiger partial charge on any atom is 0.287 e. The van der Waals surface area contributed by atoms with Gasteiger partial charge >= 0.3 is 0 Å². The molecule has 1 unspecified atom stereocenters. The highest BCUT2D eigenvalue weighted by atomic mass is 16.3. The van der Waals surface area contributed by atoms with Gasteiger partial charge in [-0.2, -0.15) is 0 Å². The molecular weight excluding hydrogens is 354 g/mol. The number of carbonyl (C=O) groups is 2. The largest absolute Gasteiger partial charge is 0.459 e. The topological polar surface area (TPSA) is 74.6 Å². The second-order valence-corrected chi connectivity index (χ2v) is 7.95. The van der Waals surface area contributed by atoms with Crippen molar-refractivity contribution in [2.24, 2.45) is 5.41 Å². The fourth-order valence-corrected chi connectivity index (χ4v) is 4.33. The first kappa shape index (κ1) is 18.7. The zero-order chi connectivity index (χ0) is 19.4. The maximum atomic E-state index is 13.3. The van der Waals surface area contributed by atoms with E-state index in [1.54, 1.807) is 12.1 Å². The summed E-state index contributed by atoms with van der Waals surface area (Å²) in [5.41, 5.74) is 1.37. The molecular formula is C22H27N3O3. The van der Waals surface area contributed by atoms with Crippen LogP contribution in [0.1, 0.15) is 35.4 Å². The summed E-state index contributed by atoms with van der Waals surface area (Å²) in [5, 5.41) is 6.34. The van der Waals surface area contributed by atoms with E-state index in [1.807, 2.05) is 35.2 Å². The molecule has 2 saturated heterocycles. The number of furan rings is 1. The van der Waals surface area contributed by atoms with Crippen LogP contribution >= 0.6 is 0 Å². The first-order valence-electron chi connectivity index (χ1n) is 10.0. The predicted octanol–water partition coefficient (Wildman–Crippen LogP) is 2.22. The van der Waals surface area contributed by atoms with E-state index in [0.29, 0.717) is 11.8 Å². The van der Waals surface area contributed by atoms with Crippen LogP contribution in [0.5, 0.6) is 0 Å². The van der Waals surface area contributed by atoms with E-state index >= 15 is 0 Å². The average molecular weight is 381 g/mol. The van der Waals surface area contributed by atoms with Gasteiger partial charge in [-0.25, -0.2) is 0 Å². The van der Waals surface area contributed by atoms with Crippen LogP contribution in [-0.2, 0) is 11.2 Å². The molecule has 0 aliphatic carbocycles. The molecule has 6 nitrogen and oxygen atoms in total. The fraction of sp³-hybridized carbons (Fsp3) is 0.455. The smallest absolute Gasteiger partial charge is 0.287 e. The summed E-state index contributed by atoms with van der Waals surface area (Å²) in [6.45, 7) is 3.63. The summed E-state index contributed by atoms with van der Waals surface area (Å²) < 4.78 is 5.19. The molecule has 0 bridgehead atoms. The van der Waals surface area contributed by atoms with Gasteiger partial charge in [0.15, 0.2) is 5.76 Å². The Kier molecular flexibility index (Phi) is 5.48. The normalized spacial score (nSPS) is 19.5. The van der Waals surface area contributed by atoms with Crippen LogP contribution in [0.4, 0.5) is 0 Å². The van der Waals surface area contributed by atoms with Crippen molar-refractivity contribution in [2.45, 2.75) is 31.7 Å². The second kappa shape index (κ2) is 8.19. The highest BCUT2D eigenvalue weighted by Gasteiger charge is 2.39. The third-order valence-electron chi connectivity index (χ3n) is 6.10. The molecule has 1 aromatic heterocycles. The first-order valence-corrected chi connectivity index (χ1v) is 10.0. The standard InChI is InChI=1S/C22H27N3O3/c26-20(19-7-4-14-28-19)24-18(15-17-5-2-1-3-6-17)21(27)25-12-9-22(10-13-25)8-11-23-16-22/h1-7,14,18,23H,8-13,15-16H2,(H,24,26). The fourth-order valence-electron chi connectivity index (χ4n) is 4.33. The Hall–Kier alpha value is -2.60.